The molecule has 0 unspecified atom stereocenters. The zero-order valence-corrected chi connectivity index (χ0v) is 9.24. The number of aliphatic hydroxyl groups is 3. The summed E-state index contributed by atoms with van der Waals surface area (Å²) in [4.78, 5) is 0. The summed E-state index contributed by atoms with van der Waals surface area (Å²) in [5.41, 5.74) is 0. The van der Waals surface area contributed by atoms with Crippen LogP contribution in [-0.4, -0.2) is 71.9 Å². The van der Waals surface area contributed by atoms with Gasteiger partial charge in [0.25, 0.3) is 10.1 Å². The normalized spacial score (nSPS) is 40.9. The van der Waals surface area contributed by atoms with E-state index in [0.29, 0.717) is 0 Å². The highest BCUT2D eigenvalue weighted by atomic mass is 32.2. The standard InChI is InChI=1S/C7H14O8S/c1-14-7-6(10)5(9)4(8)3(15-7)2-16(11,12)13/h3-10H,2H2,1H3,(H,11,12,13)/t3-,4+,5+,6-,7-/m0/s1. The topological polar surface area (TPSA) is 134 Å². The van der Waals surface area contributed by atoms with Gasteiger partial charge in [-0.2, -0.15) is 8.42 Å². The molecule has 0 aromatic heterocycles. The fourth-order valence-corrected chi connectivity index (χ4v) is 2.15. The third-order valence-corrected chi connectivity index (χ3v) is 3.03. The van der Waals surface area contributed by atoms with E-state index in [1.807, 2.05) is 0 Å². The molecule has 0 aliphatic carbocycles. The van der Waals surface area contributed by atoms with Crippen molar-refractivity contribution in [3.8, 4) is 0 Å². The van der Waals surface area contributed by atoms with E-state index in [-0.39, 0.29) is 0 Å². The van der Waals surface area contributed by atoms with E-state index in [1.165, 1.54) is 7.11 Å². The summed E-state index contributed by atoms with van der Waals surface area (Å²) in [5.74, 6) is -0.891. The van der Waals surface area contributed by atoms with Gasteiger partial charge in [0.1, 0.15) is 30.2 Å². The number of ether oxygens (including phenoxy) is 2. The Morgan fingerprint density at radius 2 is 1.75 bits per heavy atom. The largest absolute Gasteiger partial charge is 0.388 e. The first kappa shape index (κ1) is 13.8. The average Bonchev–Trinajstić information content (AvgIpc) is 2.17. The Morgan fingerprint density at radius 1 is 1.19 bits per heavy atom. The second kappa shape index (κ2) is 4.92. The van der Waals surface area contributed by atoms with Gasteiger partial charge in [0, 0.05) is 7.11 Å². The van der Waals surface area contributed by atoms with Crippen LogP contribution in [0.5, 0.6) is 0 Å². The molecule has 8 nitrogen and oxygen atoms in total. The molecule has 1 aliphatic heterocycles. The zero-order valence-electron chi connectivity index (χ0n) is 8.42. The molecule has 0 amide bonds. The van der Waals surface area contributed by atoms with Gasteiger partial charge in [0.2, 0.25) is 0 Å². The smallest absolute Gasteiger partial charge is 0.267 e. The minimum absolute atomic E-state index is 0.891. The van der Waals surface area contributed by atoms with Crippen molar-refractivity contribution in [1.82, 2.24) is 0 Å². The molecule has 0 radical (unpaired) electrons. The lowest BCUT2D eigenvalue weighted by Gasteiger charge is -2.39. The van der Waals surface area contributed by atoms with Crippen molar-refractivity contribution < 1.29 is 37.8 Å². The third-order valence-electron chi connectivity index (χ3n) is 2.28. The molecule has 0 aromatic carbocycles. The highest BCUT2D eigenvalue weighted by Gasteiger charge is 2.45. The van der Waals surface area contributed by atoms with Crippen molar-refractivity contribution in [1.29, 1.82) is 0 Å². The summed E-state index contributed by atoms with van der Waals surface area (Å²) in [6.45, 7) is 0. The van der Waals surface area contributed by atoms with Crippen molar-refractivity contribution in [2.45, 2.75) is 30.7 Å². The number of aliphatic hydroxyl groups excluding tert-OH is 3. The Labute approximate surface area is 92.2 Å². The predicted molar refractivity (Wildman–Crippen MR) is 50.1 cm³/mol. The highest BCUT2D eigenvalue weighted by Crippen LogP contribution is 2.22. The van der Waals surface area contributed by atoms with Gasteiger partial charge >= 0.3 is 0 Å². The van der Waals surface area contributed by atoms with E-state index in [4.69, 9.17) is 9.29 Å². The van der Waals surface area contributed by atoms with Crippen molar-refractivity contribution in [2.75, 3.05) is 12.9 Å². The molecule has 9 heteroatoms. The molecule has 1 rings (SSSR count). The van der Waals surface area contributed by atoms with Crippen LogP contribution in [0.15, 0.2) is 0 Å². The first-order valence-corrected chi connectivity index (χ1v) is 6.05. The molecular formula is C7H14O8S. The summed E-state index contributed by atoms with van der Waals surface area (Å²) >= 11 is 0. The average molecular weight is 258 g/mol. The molecule has 0 saturated carbocycles. The van der Waals surface area contributed by atoms with Crippen LogP contribution in [-0.2, 0) is 19.6 Å². The third kappa shape index (κ3) is 3.10. The minimum atomic E-state index is -4.36. The maximum Gasteiger partial charge on any atom is 0.267 e. The van der Waals surface area contributed by atoms with E-state index in [0.717, 1.165) is 0 Å². The molecular weight excluding hydrogens is 244 g/mol. The summed E-state index contributed by atoms with van der Waals surface area (Å²) in [6.07, 6.45) is -7.34. The maximum absolute atomic E-state index is 10.6. The van der Waals surface area contributed by atoms with Crippen LogP contribution >= 0.6 is 0 Å². The minimum Gasteiger partial charge on any atom is -0.388 e. The fourth-order valence-electron chi connectivity index (χ4n) is 1.46. The van der Waals surface area contributed by atoms with E-state index in [2.05, 4.69) is 4.74 Å². The quantitative estimate of drug-likeness (QED) is 0.403. The van der Waals surface area contributed by atoms with Crippen molar-refractivity contribution in [2.24, 2.45) is 0 Å². The number of hydrogen-bond acceptors (Lipinski definition) is 7. The van der Waals surface area contributed by atoms with Crippen LogP contribution in [0.4, 0.5) is 0 Å². The molecule has 0 bridgehead atoms. The van der Waals surface area contributed by atoms with Gasteiger partial charge in [-0.15, -0.1) is 0 Å². The van der Waals surface area contributed by atoms with Crippen molar-refractivity contribution in [3.63, 3.8) is 0 Å². The molecule has 1 fully saturated rings. The number of rotatable bonds is 3. The number of hydrogen-bond donors (Lipinski definition) is 4. The molecule has 0 spiro atoms. The Bertz CT molecular complexity index is 325. The van der Waals surface area contributed by atoms with E-state index >= 15 is 0 Å². The van der Waals surface area contributed by atoms with Crippen molar-refractivity contribution in [3.05, 3.63) is 0 Å². The molecule has 1 saturated heterocycles. The molecule has 96 valence electrons. The summed E-state index contributed by atoms with van der Waals surface area (Å²) in [5, 5.41) is 28.1. The Morgan fingerprint density at radius 3 is 2.19 bits per heavy atom. The Hall–Kier alpha value is -0.290. The second-order valence-corrected chi connectivity index (χ2v) is 5.00. The molecule has 5 atom stereocenters. The first-order valence-electron chi connectivity index (χ1n) is 4.44. The Balaban J connectivity index is 2.79. The second-order valence-electron chi connectivity index (χ2n) is 3.50. The Kier molecular flexibility index (Phi) is 4.23. The van der Waals surface area contributed by atoms with Gasteiger partial charge in [-0.1, -0.05) is 0 Å². The monoisotopic (exact) mass is 258 g/mol. The predicted octanol–water partition coefficient (Wildman–Crippen LogP) is -2.67. The maximum atomic E-state index is 10.6. The van der Waals surface area contributed by atoms with Crippen LogP contribution in [0, 0.1) is 0 Å². The highest BCUT2D eigenvalue weighted by molar-refractivity contribution is 7.85. The van der Waals surface area contributed by atoms with Crippen LogP contribution in [0.3, 0.4) is 0 Å². The summed E-state index contributed by atoms with van der Waals surface area (Å²) in [7, 11) is -3.18. The molecule has 16 heavy (non-hydrogen) atoms. The van der Waals surface area contributed by atoms with E-state index < -0.39 is 46.6 Å². The fraction of sp³-hybridized carbons (Fsp3) is 1.00. The van der Waals surface area contributed by atoms with Crippen LogP contribution in [0.25, 0.3) is 0 Å². The molecule has 0 aromatic rings. The molecule has 1 aliphatic rings. The van der Waals surface area contributed by atoms with Gasteiger partial charge in [-0.05, 0) is 0 Å². The summed E-state index contributed by atoms with van der Waals surface area (Å²) in [6, 6.07) is 0. The van der Waals surface area contributed by atoms with E-state index in [1.54, 1.807) is 0 Å². The zero-order chi connectivity index (χ0) is 12.5. The number of methoxy groups -OCH3 is 1. The van der Waals surface area contributed by atoms with Crippen LogP contribution < -0.4 is 0 Å². The van der Waals surface area contributed by atoms with E-state index in [9.17, 15) is 23.7 Å². The van der Waals surface area contributed by atoms with Gasteiger partial charge in [0.15, 0.2) is 6.29 Å². The van der Waals surface area contributed by atoms with Gasteiger partial charge in [-0.3, -0.25) is 4.55 Å². The SMILES string of the molecule is CO[C@H]1O[C@@H](CS(=O)(=O)O)[C@@H](O)[C@@H](O)[C@@H]1O. The van der Waals surface area contributed by atoms with Crippen LogP contribution in [0.1, 0.15) is 0 Å². The first-order chi connectivity index (χ1) is 7.26. The lowest BCUT2D eigenvalue weighted by Crippen LogP contribution is -2.59. The van der Waals surface area contributed by atoms with Gasteiger partial charge in [-0.25, -0.2) is 0 Å². The van der Waals surface area contributed by atoms with Crippen LogP contribution in [0.2, 0.25) is 0 Å². The van der Waals surface area contributed by atoms with Gasteiger partial charge in [0.05, 0.1) is 0 Å². The lowest BCUT2D eigenvalue weighted by molar-refractivity contribution is -0.285. The molecule has 1 heterocycles. The molecule has 4 N–H and O–H groups in total. The van der Waals surface area contributed by atoms with Crippen molar-refractivity contribution >= 4 is 10.1 Å². The lowest BCUT2D eigenvalue weighted by atomic mass is 10.00. The summed E-state index contributed by atoms with van der Waals surface area (Å²) < 4.78 is 39.3. The van der Waals surface area contributed by atoms with Gasteiger partial charge < -0.3 is 24.8 Å².